The molecule has 1 aromatic rings. The smallest absolute Gasteiger partial charge is 0.0436 e. The predicted octanol–water partition coefficient (Wildman–Crippen LogP) is 3.45. The zero-order valence-electron chi connectivity index (χ0n) is 9.79. The summed E-state index contributed by atoms with van der Waals surface area (Å²) < 4.78 is 0. The Kier molecular flexibility index (Phi) is 3.11. The van der Waals surface area contributed by atoms with Crippen molar-refractivity contribution < 1.29 is 0 Å². The fourth-order valence-electron chi connectivity index (χ4n) is 2.80. The lowest BCUT2D eigenvalue weighted by atomic mass is 9.87. The van der Waals surface area contributed by atoms with Gasteiger partial charge in [-0.1, -0.05) is 57.0 Å². The summed E-state index contributed by atoms with van der Waals surface area (Å²) in [6, 6.07) is 11.5. The molecule has 1 saturated carbocycles. The van der Waals surface area contributed by atoms with Crippen LogP contribution in [0, 0.1) is 0 Å². The molecule has 82 valence electrons. The SMILES string of the molecule is CC(C)NC1(c2ccccc2)CCCC1. The van der Waals surface area contributed by atoms with Crippen molar-refractivity contribution in [3.63, 3.8) is 0 Å². The first kappa shape index (κ1) is 10.7. The first-order valence-electron chi connectivity index (χ1n) is 6.06. The third-order valence-corrected chi connectivity index (χ3v) is 3.35. The summed E-state index contributed by atoms with van der Waals surface area (Å²) >= 11 is 0. The third kappa shape index (κ3) is 2.23. The van der Waals surface area contributed by atoms with Gasteiger partial charge in [-0.05, 0) is 18.4 Å². The molecule has 0 aliphatic heterocycles. The minimum absolute atomic E-state index is 0.259. The quantitative estimate of drug-likeness (QED) is 0.793. The highest BCUT2D eigenvalue weighted by atomic mass is 15.0. The lowest BCUT2D eigenvalue weighted by Gasteiger charge is -2.33. The van der Waals surface area contributed by atoms with Crippen LogP contribution in [-0.4, -0.2) is 6.04 Å². The maximum atomic E-state index is 3.77. The van der Waals surface area contributed by atoms with Gasteiger partial charge in [-0.25, -0.2) is 0 Å². The van der Waals surface area contributed by atoms with Gasteiger partial charge in [-0.2, -0.15) is 0 Å². The van der Waals surface area contributed by atoms with Gasteiger partial charge in [-0.15, -0.1) is 0 Å². The molecule has 1 fully saturated rings. The second-order valence-electron chi connectivity index (χ2n) is 4.95. The van der Waals surface area contributed by atoms with E-state index in [0.717, 1.165) is 0 Å². The van der Waals surface area contributed by atoms with E-state index in [1.807, 2.05) is 0 Å². The Balaban J connectivity index is 2.26. The summed E-state index contributed by atoms with van der Waals surface area (Å²) in [5.74, 6) is 0. The van der Waals surface area contributed by atoms with E-state index in [0.29, 0.717) is 6.04 Å². The monoisotopic (exact) mass is 203 g/mol. The summed E-state index contributed by atoms with van der Waals surface area (Å²) in [4.78, 5) is 0. The number of hydrogen-bond acceptors (Lipinski definition) is 1. The topological polar surface area (TPSA) is 12.0 Å². The van der Waals surface area contributed by atoms with Crippen molar-refractivity contribution in [2.24, 2.45) is 0 Å². The van der Waals surface area contributed by atoms with Gasteiger partial charge in [0.1, 0.15) is 0 Å². The van der Waals surface area contributed by atoms with Gasteiger partial charge < -0.3 is 5.32 Å². The van der Waals surface area contributed by atoms with Crippen LogP contribution >= 0.6 is 0 Å². The zero-order chi connectivity index (χ0) is 10.7. The Bertz CT molecular complexity index is 296. The van der Waals surface area contributed by atoms with Crippen molar-refractivity contribution in [1.82, 2.24) is 5.32 Å². The molecule has 0 unspecified atom stereocenters. The minimum atomic E-state index is 0.259. The molecule has 0 spiro atoms. The highest BCUT2D eigenvalue weighted by molar-refractivity contribution is 5.25. The normalized spacial score (nSPS) is 19.7. The Morgan fingerprint density at radius 1 is 1.07 bits per heavy atom. The molecule has 0 heterocycles. The average molecular weight is 203 g/mol. The van der Waals surface area contributed by atoms with E-state index in [-0.39, 0.29) is 5.54 Å². The summed E-state index contributed by atoms with van der Waals surface area (Å²) in [5.41, 5.74) is 1.73. The Hall–Kier alpha value is -0.820. The van der Waals surface area contributed by atoms with Crippen LogP contribution in [0.3, 0.4) is 0 Å². The summed E-state index contributed by atoms with van der Waals surface area (Å²) in [6.07, 6.45) is 5.29. The molecule has 1 nitrogen and oxygen atoms in total. The van der Waals surface area contributed by atoms with Crippen LogP contribution in [0.2, 0.25) is 0 Å². The summed E-state index contributed by atoms with van der Waals surface area (Å²) in [5, 5.41) is 3.77. The summed E-state index contributed by atoms with van der Waals surface area (Å²) in [7, 11) is 0. The Morgan fingerprint density at radius 3 is 2.20 bits per heavy atom. The first-order chi connectivity index (χ1) is 7.23. The maximum Gasteiger partial charge on any atom is 0.0436 e. The van der Waals surface area contributed by atoms with Gasteiger partial charge in [0.2, 0.25) is 0 Å². The Morgan fingerprint density at radius 2 is 1.67 bits per heavy atom. The number of hydrogen-bond donors (Lipinski definition) is 1. The molecule has 0 atom stereocenters. The number of rotatable bonds is 3. The second-order valence-corrected chi connectivity index (χ2v) is 4.95. The average Bonchev–Trinajstić information content (AvgIpc) is 2.68. The molecule has 0 bridgehead atoms. The fraction of sp³-hybridized carbons (Fsp3) is 0.571. The molecule has 1 heteroatoms. The lowest BCUT2D eigenvalue weighted by molar-refractivity contribution is 0.312. The van der Waals surface area contributed by atoms with E-state index in [1.165, 1.54) is 31.2 Å². The van der Waals surface area contributed by atoms with E-state index in [2.05, 4.69) is 49.5 Å². The molecule has 1 N–H and O–H groups in total. The molecule has 0 aromatic heterocycles. The number of benzene rings is 1. The molecule has 0 amide bonds. The van der Waals surface area contributed by atoms with Crippen LogP contribution in [0.15, 0.2) is 30.3 Å². The van der Waals surface area contributed by atoms with E-state index in [1.54, 1.807) is 0 Å². The molecule has 1 aliphatic rings. The van der Waals surface area contributed by atoms with Crippen LogP contribution in [0.5, 0.6) is 0 Å². The highest BCUT2D eigenvalue weighted by Crippen LogP contribution is 2.38. The van der Waals surface area contributed by atoms with Crippen LogP contribution in [0.25, 0.3) is 0 Å². The van der Waals surface area contributed by atoms with Crippen LogP contribution < -0.4 is 5.32 Å². The van der Waals surface area contributed by atoms with E-state index in [4.69, 9.17) is 0 Å². The summed E-state index contributed by atoms with van der Waals surface area (Å²) in [6.45, 7) is 4.48. The molecule has 0 saturated heterocycles. The van der Waals surface area contributed by atoms with Gasteiger partial charge in [0, 0.05) is 11.6 Å². The van der Waals surface area contributed by atoms with Crippen molar-refractivity contribution in [3.8, 4) is 0 Å². The van der Waals surface area contributed by atoms with Crippen molar-refractivity contribution in [2.45, 2.75) is 51.1 Å². The van der Waals surface area contributed by atoms with Gasteiger partial charge >= 0.3 is 0 Å². The van der Waals surface area contributed by atoms with Crippen molar-refractivity contribution >= 4 is 0 Å². The van der Waals surface area contributed by atoms with E-state index in [9.17, 15) is 0 Å². The van der Waals surface area contributed by atoms with Gasteiger partial charge in [0.25, 0.3) is 0 Å². The van der Waals surface area contributed by atoms with Crippen molar-refractivity contribution in [2.75, 3.05) is 0 Å². The van der Waals surface area contributed by atoms with Gasteiger partial charge in [-0.3, -0.25) is 0 Å². The van der Waals surface area contributed by atoms with Crippen LogP contribution in [-0.2, 0) is 5.54 Å². The lowest BCUT2D eigenvalue weighted by Crippen LogP contribution is -2.43. The zero-order valence-corrected chi connectivity index (χ0v) is 9.79. The molecule has 0 radical (unpaired) electrons. The number of nitrogens with one attached hydrogen (secondary N) is 1. The first-order valence-corrected chi connectivity index (χ1v) is 6.06. The molecular formula is C14H21N. The standard InChI is InChI=1S/C14H21N/c1-12(2)15-14(10-6-7-11-14)13-8-4-3-5-9-13/h3-5,8-9,12,15H,6-7,10-11H2,1-2H3. The van der Waals surface area contributed by atoms with E-state index < -0.39 is 0 Å². The van der Waals surface area contributed by atoms with Crippen LogP contribution in [0.4, 0.5) is 0 Å². The molecule has 1 aliphatic carbocycles. The molecule has 2 rings (SSSR count). The molecule has 15 heavy (non-hydrogen) atoms. The Labute approximate surface area is 92.9 Å². The molecular weight excluding hydrogens is 182 g/mol. The highest BCUT2D eigenvalue weighted by Gasteiger charge is 2.35. The van der Waals surface area contributed by atoms with Crippen molar-refractivity contribution in [3.05, 3.63) is 35.9 Å². The van der Waals surface area contributed by atoms with Gasteiger partial charge in [0.05, 0.1) is 0 Å². The minimum Gasteiger partial charge on any atom is -0.305 e. The molecule has 1 aromatic carbocycles. The van der Waals surface area contributed by atoms with Gasteiger partial charge in [0.15, 0.2) is 0 Å². The van der Waals surface area contributed by atoms with Crippen LogP contribution in [0.1, 0.15) is 45.1 Å². The largest absolute Gasteiger partial charge is 0.305 e. The predicted molar refractivity (Wildman–Crippen MR) is 64.9 cm³/mol. The van der Waals surface area contributed by atoms with Crippen molar-refractivity contribution in [1.29, 1.82) is 0 Å². The second kappa shape index (κ2) is 4.36. The van der Waals surface area contributed by atoms with E-state index >= 15 is 0 Å². The fourth-order valence-corrected chi connectivity index (χ4v) is 2.80. The third-order valence-electron chi connectivity index (χ3n) is 3.35. The maximum absolute atomic E-state index is 3.77.